The normalized spacial score (nSPS) is 14.8. The molecule has 0 radical (unpaired) electrons. The van der Waals surface area contributed by atoms with Crippen LogP contribution in [0, 0.1) is 5.92 Å². The first-order chi connectivity index (χ1) is 9.29. The molecule has 0 atom stereocenters. The van der Waals surface area contributed by atoms with Crippen molar-refractivity contribution in [3.05, 3.63) is 22.4 Å². The standard InChI is InChI=1S/C15H25N3S.HI/c1-3-16-15(17-10-8-13-6-7-13)18(2)11-9-14-5-4-12-19-14;/h4-5,12-13H,3,6-11H2,1-2H3,(H,16,17);1H. The molecule has 114 valence electrons. The van der Waals surface area contributed by atoms with E-state index in [0.29, 0.717) is 0 Å². The molecule has 0 unspecified atom stereocenters. The fourth-order valence-corrected chi connectivity index (χ4v) is 2.77. The number of hydrogen-bond acceptors (Lipinski definition) is 2. The zero-order valence-corrected chi connectivity index (χ0v) is 15.6. The van der Waals surface area contributed by atoms with Crippen LogP contribution >= 0.6 is 35.3 Å². The van der Waals surface area contributed by atoms with Gasteiger partial charge in [0.25, 0.3) is 0 Å². The van der Waals surface area contributed by atoms with Crippen molar-refractivity contribution in [2.45, 2.75) is 32.6 Å². The molecule has 1 saturated carbocycles. The van der Waals surface area contributed by atoms with E-state index in [1.54, 1.807) is 0 Å². The van der Waals surface area contributed by atoms with Crippen molar-refractivity contribution in [3.63, 3.8) is 0 Å². The van der Waals surface area contributed by atoms with E-state index in [9.17, 15) is 0 Å². The zero-order valence-electron chi connectivity index (χ0n) is 12.5. The summed E-state index contributed by atoms with van der Waals surface area (Å²) in [5.41, 5.74) is 0. The number of guanidine groups is 1. The Labute approximate surface area is 143 Å². The maximum absolute atomic E-state index is 4.73. The Morgan fingerprint density at radius 3 is 2.90 bits per heavy atom. The fraction of sp³-hybridized carbons (Fsp3) is 0.667. The van der Waals surface area contributed by atoms with Crippen molar-refractivity contribution in [2.75, 3.05) is 26.7 Å². The number of hydrogen-bond donors (Lipinski definition) is 1. The zero-order chi connectivity index (χ0) is 13.5. The largest absolute Gasteiger partial charge is 0.357 e. The summed E-state index contributed by atoms with van der Waals surface area (Å²) in [6.07, 6.45) is 5.19. The third kappa shape index (κ3) is 6.43. The van der Waals surface area contributed by atoms with Crippen LogP contribution in [0.3, 0.4) is 0 Å². The summed E-state index contributed by atoms with van der Waals surface area (Å²) in [7, 11) is 2.13. The topological polar surface area (TPSA) is 27.6 Å². The van der Waals surface area contributed by atoms with Crippen molar-refractivity contribution in [1.29, 1.82) is 0 Å². The lowest BCUT2D eigenvalue weighted by Crippen LogP contribution is -2.40. The van der Waals surface area contributed by atoms with Crippen LogP contribution in [0.2, 0.25) is 0 Å². The van der Waals surface area contributed by atoms with E-state index in [1.807, 2.05) is 11.3 Å². The first-order valence-corrected chi connectivity index (χ1v) is 8.19. The van der Waals surface area contributed by atoms with E-state index in [0.717, 1.165) is 37.9 Å². The van der Waals surface area contributed by atoms with Crippen LogP contribution < -0.4 is 5.32 Å². The monoisotopic (exact) mass is 407 g/mol. The third-order valence-electron chi connectivity index (χ3n) is 3.47. The summed E-state index contributed by atoms with van der Waals surface area (Å²) >= 11 is 1.83. The lowest BCUT2D eigenvalue weighted by Gasteiger charge is -2.21. The number of nitrogens with one attached hydrogen (secondary N) is 1. The molecule has 1 aliphatic rings. The van der Waals surface area contributed by atoms with Gasteiger partial charge in [0, 0.05) is 31.6 Å². The molecule has 1 N–H and O–H groups in total. The molecule has 0 bridgehead atoms. The molecule has 20 heavy (non-hydrogen) atoms. The van der Waals surface area contributed by atoms with Gasteiger partial charge in [-0.3, -0.25) is 4.99 Å². The average Bonchev–Trinajstić information content (AvgIpc) is 3.08. The van der Waals surface area contributed by atoms with Crippen LogP contribution in [0.25, 0.3) is 0 Å². The summed E-state index contributed by atoms with van der Waals surface area (Å²) in [6, 6.07) is 4.32. The lowest BCUT2D eigenvalue weighted by molar-refractivity contribution is 0.486. The highest BCUT2D eigenvalue weighted by Crippen LogP contribution is 2.32. The van der Waals surface area contributed by atoms with E-state index in [-0.39, 0.29) is 24.0 Å². The summed E-state index contributed by atoms with van der Waals surface area (Å²) in [5.74, 6) is 2.02. The second-order valence-corrected chi connectivity index (χ2v) is 6.25. The Morgan fingerprint density at radius 2 is 2.30 bits per heavy atom. The number of nitrogens with zero attached hydrogens (tertiary/aromatic N) is 2. The molecule has 1 aromatic rings. The molecule has 0 aromatic carbocycles. The molecule has 0 saturated heterocycles. The highest BCUT2D eigenvalue weighted by atomic mass is 127. The van der Waals surface area contributed by atoms with Crippen LogP contribution in [-0.4, -0.2) is 37.5 Å². The highest BCUT2D eigenvalue weighted by molar-refractivity contribution is 14.0. The predicted molar refractivity (Wildman–Crippen MR) is 99.4 cm³/mol. The molecule has 5 heteroatoms. The summed E-state index contributed by atoms with van der Waals surface area (Å²) in [6.45, 7) is 5.06. The van der Waals surface area contributed by atoms with E-state index in [1.165, 1.54) is 24.1 Å². The Balaban J connectivity index is 0.00000200. The van der Waals surface area contributed by atoms with Gasteiger partial charge in [0.05, 0.1) is 0 Å². The van der Waals surface area contributed by atoms with Crippen LogP contribution in [-0.2, 0) is 6.42 Å². The molecular weight excluding hydrogens is 381 g/mol. The van der Waals surface area contributed by atoms with E-state index in [4.69, 9.17) is 4.99 Å². The molecule has 1 aromatic heterocycles. The lowest BCUT2D eigenvalue weighted by atomic mass is 10.3. The van der Waals surface area contributed by atoms with E-state index < -0.39 is 0 Å². The molecule has 0 aliphatic heterocycles. The SMILES string of the molecule is CCNC(=NCCC1CC1)N(C)CCc1cccs1.I. The third-order valence-corrected chi connectivity index (χ3v) is 4.40. The van der Waals surface area contributed by atoms with Gasteiger partial charge in [-0.25, -0.2) is 0 Å². The molecule has 1 fully saturated rings. The van der Waals surface area contributed by atoms with Gasteiger partial charge in [-0.1, -0.05) is 18.9 Å². The molecule has 3 nitrogen and oxygen atoms in total. The minimum atomic E-state index is 0. The van der Waals surface area contributed by atoms with Crippen LogP contribution in [0.15, 0.2) is 22.5 Å². The maximum atomic E-state index is 4.73. The van der Waals surface area contributed by atoms with Crippen LogP contribution in [0.4, 0.5) is 0 Å². The second kappa shape index (κ2) is 9.60. The highest BCUT2D eigenvalue weighted by Gasteiger charge is 2.20. The Bertz CT molecular complexity index is 388. The van der Waals surface area contributed by atoms with E-state index >= 15 is 0 Å². The van der Waals surface area contributed by atoms with Crippen molar-refractivity contribution in [1.82, 2.24) is 10.2 Å². The Hall–Kier alpha value is -0.300. The summed E-state index contributed by atoms with van der Waals surface area (Å²) in [4.78, 5) is 8.42. The summed E-state index contributed by atoms with van der Waals surface area (Å²) in [5, 5.41) is 5.53. The number of thiophene rings is 1. The number of rotatable bonds is 7. The van der Waals surface area contributed by atoms with Gasteiger partial charge < -0.3 is 10.2 Å². The van der Waals surface area contributed by atoms with Gasteiger partial charge in [0.1, 0.15) is 0 Å². The molecule has 0 spiro atoms. The fourth-order valence-electron chi connectivity index (χ4n) is 2.07. The van der Waals surface area contributed by atoms with E-state index in [2.05, 4.69) is 41.7 Å². The number of likely N-dealkylation sites (N-methyl/N-ethyl adjacent to an activating group) is 1. The molecule has 0 amide bonds. The predicted octanol–water partition coefficient (Wildman–Crippen LogP) is 3.61. The first-order valence-electron chi connectivity index (χ1n) is 7.31. The van der Waals surface area contributed by atoms with Crippen molar-refractivity contribution >= 4 is 41.3 Å². The van der Waals surface area contributed by atoms with Gasteiger partial charge in [-0.05, 0) is 37.1 Å². The quantitative estimate of drug-likeness (QED) is 0.425. The minimum absolute atomic E-state index is 0. The molecule has 1 heterocycles. The Kier molecular flexibility index (Phi) is 8.52. The number of aliphatic imine (C=N–C) groups is 1. The van der Waals surface area contributed by atoms with Gasteiger partial charge >= 0.3 is 0 Å². The van der Waals surface area contributed by atoms with Crippen LogP contribution in [0.5, 0.6) is 0 Å². The molecule has 2 rings (SSSR count). The van der Waals surface area contributed by atoms with Crippen molar-refractivity contribution in [2.24, 2.45) is 10.9 Å². The van der Waals surface area contributed by atoms with Gasteiger partial charge in [0.2, 0.25) is 0 Å². The second-order valence-electron chi connectivity index (χ2n) is 5.22. The Morgan fingerprint density at radius 1 is 1.50 bits per heavy atom. The van der Waals surface area contributed by atoms with Gasteiger partial charge in [-0.2, -0.15) is 0 Å². The summed E-state index contributed by atoms with van der Waals surface area (Å²) < 4.78 is 0. The van der Waals surface area contributed by atoms with Crippen molar-refractivity contribution < 1.29 is 0 Å². The van der Waals surface area contributed by atoms with Gasteiger partial charge in [-0.15, -0.1) is 35.3 Å². The van der Waals surface area contributed by atoms with Gasteiger partial charge in [0.15, 0.2) is 5.96 Å². The maximum Gasteiger partial charge on any atom is 0.193 e. The van der Waals surface area contributed by atoms with Crippen LogP contribution in [0.1, 0.15) is 31.1 Å². The van der Waals surface area contributed by atoms with Crippen molar-refractivity contribution in [3.8, 4) is 0 Å². The smallest absolute Gasteiger partial charge is 0.193 e. The molecular formula is C15H26IN3S. The average molecular weight is 407 g/mol. The first kappa shape index (κ1) is 17.8. The number of halogens is 1. The minimum Gasteiger partial charge on any atom is -0.357 e. The molecule has 1 aliphatic carbocycles.